The van der Waals surface area contributed by atoms with E-state index >= 15 is 0 Å². The lowest BCUT2D eigenvalue weighted by Gasteiger charge is -2.19. The van der Waals surface area contributed by atoms with Gasteiger partial charge in [-0.15, -0.1) is 0 Å². The van der Waals surface area contributed by atoms with Crippen LogP contribution in [0.1, 0.15) is 80.5 Å². The first kappa shape index (κ1) is 10.9. The fourth-order valence-electron chi connectivity index (χ4n) is 4.51. The first-order valence-corrected chi connectivity index (χ1v) is 7.31. The molecule has 3 aliphatic carbocycles. The standard InChI is InChI=1S/C16H14O4/c17-15-13-9-5-10(9)14(16(18)20-6-19-15)12-8-3-1-2-7(4-8)11(12)13/h7-8H,1-6H2. The molecule has 4 aliphatic rings. The molecular weight excluding hydrogens is 256 g/mol. The Morgan fingerprint density at radius 3 is 1.95 bits per heavy atom. The molecule has 2 unspecified atom stereocenters. The molecule has 4 heteroatoms. The van der Waals surface area contributed by atoms with Crippen LogP contribution in [0.15, 0.2) is 0 Å². The van der Waals surface area contributed by atoms with Crippen LogP contribution in [-0.2, 0) is 15.9 Å². The Morgan fingerprint density at radius 2 is 1.40 bits per heavy atom. The summed E-state index contributed by atoms with van der Waals surface area (Å²) >= 11 is 0. The lowest BCUT2D eigenvalue weighted by Crippen LogP contribution is -2.13. The van der Waals surface area contributed by atoms with Crippen molar-refractivity contribution in [1.82, 2.24) is 0 Å². The summed E-state index contributed by atoms with van der Waals surface area (Å²) in [5, 5.41) is 0. The van der Waals surface area contributed by atoms with Crippen LogP contribution in [-0.4, -0.2) is 18.7 Å². The maximum atomic E-state index is 12.3. The third-order valence-electron chi connectivity index (χ3n) is 5.30. The molecule has 0 radical (unpaired) electrons. The zero-order valence-electron chi connectivity index (χ0n) is 11.0. The summed E-state index contributed by atoms with van der Waals surface area (Å²) < 4.78 is 10.2. The number of hydrogen-bond acceptors (Lipinski definition) is 4. The van der Waals surface area contributed by atoms with Crippen molar-refractivity contribution in [3.63, 3.8) is 0 Å². The van der Waals surface area contributed by atoms with E-state index in [2.05, 4.69) is 0 Å². The topological polar surface area (TPSA) is 52.6 Å². The van der Waals surface area contributed by atoms with Crippen molar-refractivity contribution in [3.8, 4) is 0 Å². The summed E-state index contributed by atoms with van der Waals surface area (Å²) in [6, 6.07) is 0. The van der Waals surface area contributed by atoms with Crippen molar-refractivity contribution >= 4 is 11.9 Å². The van der Waals surface area contributed by atoms with Crippen LogP contribution in [0.3, 0.4) is 0 Å². The molecule has 1 aliphatic heterocycles. The van der Waals surface area contributed by atoms with Gasteiger partial charge in [0.15, 0.2) is 0 Å². The van der Waals surface area contributed by atoms with Crippen molar-refractivity contribution in [3.05, 3.63) is 33.4 Å². The SMILES string of the molecule is O=C1OCOC(=O)c2c3c(c1c1c2C2CCCC1C2)C3. The summed E-state index contributed by atoms with van der Waals surface area (Å²) in [4.78, 5) is 24.6. The van der Waals surface area contributed by atoms with E-state index in [9.17, 15) is 9.59 Å². The van der Waals surface area contributed by atoms with E-state index in [4.69, 9.17) is 9.47 Å². The zero-order valence-corrected chi connectivity index (χ0v) is 11.0. The molecule has 20 heavy (non-hydrogen) atoms. The van der Waals surface area contributed by atoms with Gasteiger partial charge in [-0.3, -0.25) is 0 Å². The molecule has 5 rings (SSSR count). The van der Waals surface area contributed by atoms with Gasteiger partial charge in [-0.05, 0) is 59.8 Å². The van der Waals surface area contributed by atoms with Gasteiger partial charge in [-0.2, -0.15) is 0 Å². The van der Waals surface area contributed by atoms with Crippen molar-refractivity contribution in [2.45, 2.75) is 43.9 Å². The Labute approximate surface area is 116 Å². The Hall–Kier alpha value is -1.84. The van der Waals surface area contributed by atoms with E-state index in [0.717, 1.165) is 59.1 Å². The highest BCUT2D eigenvalue weighted by Crippen LogP contribution is 2.57. The van der Waals surface area contributed by atoms with Crippen molar-refractivity contribution in [2.75, 3.05) is 6.79 Å². The van der Waals surface area contributed by atoms with Gasteiger partial charge >= 0.3 is 11.9 Å². The second-order valence-corrected chi connectivity index (χ2v) is 6.25. The van der Waals surface area contributed by atoms with E-state index in [1.54, 1.807) is 0 Å². The first-order chi connectivity index (χ1) is 9.75. The maximum Gasteiger partial charge on any atom is 0.341 e. The van der Waals surface area contributed by atoms with E-state index < -0.39 is 0 Å². The van der Waals surface area contributed by atoms with Crippen molar-refractivity contribution in [1.29, 1.82) is 0 Å². The lowest BCUT2D eigenvalue weighted by atomic mass is 9.86. The second kappa shape index (κ2) is 3.43. The molecular formula is C16H14O4. The highest BCUT2D eigenvalue weighted by molar-refractivity contribution is 6.04. The molecule has 0 spiro atoms. The number of fused-ring (bicyclic) bond motifs is 7. The summed E-state index contributed by atoms with van der Waals surface area (Å²) in [6.45, 7) is -0.263. The van der Waals surface area contributed by atoms with Crippen LogP contribution in [0.25, 0.3) is 0 Å². The quantitative estimate of drug-likeness (QED) is 0.690. The number of benzene rings is 1. The monoisotopic (exact) mass is 270 g/mol. The summed E-state index contributed by atoms with van der Waals surface area (Å²) in [5.41, 5.74) is 5.87. The second-order valence-electron chi connectivity index (χ2n) is 6.25. The van der Waals surface area contributed by atoms with Gasteiger partial charge in [-0.25, -0.2) is 9.59 Å². The maximum absolute atomic E-state index is 12.3. The average Bonchev–Trinajstić information content (AvgIpc) is 3.17. The smallest absolute Gasteiger partial charge is 0.341 e. The molecule has 1 heterocycles. The number of cyclic esters (lactones) is 2. The van der Waals surface area contributed by atoms with Crippen LogP contribution < -0.4 is 0 Å². The lowest BCUT2D eigenvalue weighted by molar-refractivity contribution is -0.0164. The van der Waals surface area contributed by atoms with Gasteiger partial charge in [0.05, 0.1) is 11.1 Å². The summed E-state index contributed by atoms with van der Waals surface area (Å²) in [5.74, 6) is 0.260. The Morgan fingerprint density at radius 1 is 0.850 bits per heavy atom. The molecule has 1 aromatic rings. The van der Waals surface area contributed by atoms with E-state index in [-0.39, 0.29) is 18.7 Å². The predicted octanol–water partition coefficient (Wildman–Crippen LogP) is 2.63. The average molecular weight is 270 g/mol. The predicted molar refractivity (Wildman–Crippen MR) is 68.9 cm³/mol. The van der Waals surface area contributed by atoms with Crippen LogP contribution in [0.4, 0.5) is 0 Å². The molecule has 1 fully saturated rings. The molecule has 4 bridgehead atoms. The number of rotatable bonds is 0. The van der Waals surface area contributed by atoms with Crippen molar-refractivity contribution < 1.29 is 19.1 Å². The molecule has 0 aromatic heterocycles. The molecule has 102 valence electrons. The van der Waals surface area contributed by atoms with E-state index in [1.165, 1.54) is 6.42 Å². The van der Waals surface area contributed by atoms with Gasteiger partial charge in [-0.1, -0.05) is 6.42 Å². The van der Waals surface area contributed by atoms with Crippen LogP contribution >= 0.6 is 0 Å². The molecule has 1 aromatic carbocycles. The molecule has 2 atom stereocenters. The molecule has 4 nitrogen and oxygen atoms in total. The number of carbonyl (C=O) groups excluding carboxylic acids is 2. The fourth-order valence-corrected chi connectivity index (χ4v) is 4.51. The van der Waals surface area contributed by atoms with Crippen LogP contribution in [0.5, 0.6) is 0 Å². The Kier molecular flexibility index (Phi) is 1.87. The van der Waals surface area contributed by atoms with Gasteiger partial charge in [0, 0.05) is 0 Å². The molecule has 0 saturated heterocycles. The number of esters is 2. The van der Waals surface area contributed by atoms with Gasteiger partial charge < -0.3 is 9.47 Å². The Balaban J connectivity index is 1.88. The van der Waals surface area contributed by atoms with Crippen LogP contribution in [0, 0.1) is 0 Å². The highest BCUT2D eigenvalue weighted by atomic mass is 16.7. The first-order valence-electron chi connectivity index (χ1n) is 7.31. The largest absolute Gasteiger partial charge is 0.424 e. The van der Waals surface area contributed by atoms with Gasteiger partial charge in [0.25, 0.3) is 0 Å². The van der Waals surface area contributed by atoms with E-state index in [0.29, 0.717) is 11.8 Å². The number of ether oxygens (including phenoxy) is 2. The minimum absolute atomic E-state index is 0.263. The molecule has 0 amide bonds. The number of carbonyl (C=O) groups is 2. The minimum atomic E-state index is -0.302. The third kappa shape index (κ3) is 1.18. The third-order valence-corrected chi connectivity index (χ3v) is 5.30. The molecule has 0 N–H and O–H groups in total. The number of hydrogen-bond donors (Lipinski definition) is 0. The van der Waals surface area contributed by atoms with Crippen molar-refractivity contribution in [2.24, 2.45) is 0 Å². The minimum Gasteiger partial charge on any atom is -0.424 e. The summed E-state index contributed by atoms with van der Waals surface area (Å²) in [6.07, 6.45) is 5.26. The molecule has 1 saturated carbocycles. The normalized spacial score (nSPS) is 28.8. The summed E-state index contributed by atoms with van der Waals surface area (Å²) in [7, 11) is 0. The zero-order chi connectivity index (χ0) is 13.4. The van der Waals surface area contributed by atoms with Gasteiger partial charge in [0.2, 0.25) is 6.79 Å². The van der Waals surface area contributed by atoms with Gasteiger partial charge in [0.1, 0.15) is 0 Å². The highest BCUT2D eigenvalue weighted by Gasteiger charge is 2.47. The Bertz CT molecular complexity index is 633. The van der Waals surface area contributed by atoms with Crippen LogP contribution in [0.2, 0.25) is 0 Å². The van der Waals surface area contributed by atoms with E-state index in [1.807, 2.05) is 0 Å². The fraction of sp³-hybridized carbons (Fsp3) is 0.500.